The summed E-state index contributed by atoms with van der Waals surface area (Å²) in [6.45, 7) is 0. The smallest absolute Gasteiger partial charge is 0.139 e. The van der Waals surface area contributed by atoms with Crippen molar-refractivity contribution in [2.24, 2.45) is 0 Å². The van der Waals surface area contributed by atoms with E-state index in [4.69, 9.17) is 5.73 Å². The molecule has 6 heteroatoms. The van der Waals surface area contributed by atoms with E-state index in [2.05, 4.69) is 20.9 Å². The molecule has 2 aromatic heterocycles. The van der Waals surface area contributed by atoms with Gasteiger partial charge >= 0.3 is 0 Å². The summed E-state index contributed by atoms with van der Waals surface area (Å²) < 4.78 is 15.1. The van der Waals surface area contributed by atoms with Crippen LogP contribution in [0.25, 0.3) is 16.9 Å². The third kappa shape index (κ3) is 2.53. The van der Waals surface area contributed by atoms with E-state index in [0.717, 1.165) is 38.0 Å². The SMILES string of the molecule is Nc1ccc(-c2cn3cc(SCF)ccc3n2)cc1Br. The summed E-state index contributed by atoms with van der Waals surface area (Å²) in [6, 6.07) is 9.03. The van der Waals surface area contributed by atoms with Crippen molar-refractivity contribution in [2.45, 2.75) is 4.90 Å². The first-order chi connectivity index (χ1) is 9.67. The van der Waals surface area contributed by atoms with E-state index >= 15 is 0 Å². The van der Waals surface area contributed by atoms with Crippen molar-refractivity contribution >= 4 is 39.0 Å². The van der Waals surface area contributed by atoms with Gasteiger partial charge in [-0.05, 0) is 40.2 Å². The van der Waals surface area contributed by atoms with Gasteiger partial charge in [-0.1, -0.05) is 17.8 Å². The fourth-order valence-corrected chi connectivity index (χ4v) is 2.80. The number of anilines is 1. The quantitative estimate of drug-likeness (QED) is 0.562. The van der Waals surface area contributed by atoms with Gasteiger partial charge in [0, 0.05) is 33.0 Å². The third-order valence-corrected chi connectivity index (χ3v) is 4.31. The zero-order valence-corrected chi connectivity index (χ0v) is 12.8. The summed E-state index contributed by atoms with van der Waals surface area (Å²) in [7, 11) is 0. The zero-order chi connectivity index (χ0) is 14.1. The van der Waals surface area contributed by atoms with Crippen LogP contribution in [0, 0.1) is 0 Å². The number of nitrogen functional groups attached to an aromatic ring is 1. The molecule has 0 radical (unpaired) electrons. The molecular weight excluding hydrogens is 341 g/mol. The van der Waals surface area contributed by atoms with Crippen molar-refractivity contribution in [1.82, 2.24) is 9.38 Å². The number of thioether (sulfide) groups is 1. The molecule has 0 fully saturated rings. The van der Waals surface area contributed by atoms with Crippen LogP contribution in [0.2, 0.25) is 0 Å². The molecule has 0 aliphatic carbocycles. The molecular formula is C14H11BrFN3S. The molecule has 2 N–H and O–H groups in total. The van der Waals surface area contributed by atoms with Gasteiger partial charge in [0.05, 0.1) is 5.69 Å². The molecule has 1 aromatic carbocycles. The van der Waals surface area contributed by atoms with Crippen LogP contribution in [0.4, 0.5) is 10.1 Å². The molecule has 0 aliphatic heterocycles. The van der Waals surface area contributed by atoms with Gasteiger partial charge in [-0.3, -0.25) is 0 Å². The molecule has 0 aliphatic rings. The zero-order valence-electron chi connectivity index (χ0n) is 10.4. The Labute approximate surface area is 128 Å². The first-order valence-electron chi connectivity index (χ1n) is 5.90. The molecule has 0 amide bonds. The first kappa shape index (κ1) is 13.5. The molecule has 0 saturated carbocycles. The maximum Gasteiger partial charge on any atom is 0.139 e. The van der Waals surface area contributed by atoms with Gasteiger partial charge in [-0.2, -0.15) is 0 Å². The summed E-state index contributed by atoms with van der Waals surface area (Å²) in [5, 5.41) is 0. The fraction of sp³-hybridized carbons (Fsp3) is 0.0714. The van der Waals surface area contributed by atoms with Gasteiger partial charge in [-0.15, -0.1) is 0 Å². The van der Waals surface area contributed by atoms with Crippen molar-refractivity contribution in [3.63, 3.8) is 0 Å². The number of pyridine rings is 1. The van der Waals surface area contributed by atoms with Crippen LogP contribution in [-0.2, 0) is 0 Å². The molecule has 0 bridgehead atoms. The first-order valence-corrected chi connectivity index (χ1v) is 7.68. The summed E-state index contributed by atoms with van der Waals surface area (Å²) in [4.78, 5) is 5.43. The summed E-state index contributed by atoms with van der Waals surface area (Å²) in [5.74, 6) is 0. The molecule has 3 rings (SSSR count). The molecule has 0 unspecified atom stereocenters. The number of benzene rings is 1. The highest BCUT2D eigenvalue weighted by Gasteiger charge is 2.07. The Hall–Kier alpha value is -1.53. The number of halogens is 2. The monoisotopic (exact) mass is 351 g/mol. The van der Waals surface area contributed by atoms with E-state index < -0.39 is 6.01 Å². The molecule has 0 saturated heterocycles. The van der Waals surface area contributed by atoms with E-state index in [1.165, 1.54) is 0 Å². The standard InChI is InChI=1S/C14H11BrFN3S/c15-11-5-9(1-3-12(11)17)13-7-19-6-10(20-8-16)2-4-14(19)18-13/h1-7H,8,17H2. The van der Waals surface area contributed by atoms with Crippen LogP contribution >= 0.6 is 27.7 Å². The number of imidazole rings is 1. The Bertz CT molecular complexity index is 772. The maximum absolute atomic E-state index is 12.4. The van der Waals surface area contributed by atoms with Crippen molar-refractivity contribution < 1.29 is 4.39 Å². The predicted molar refractivity (Wildman–Crippen MR) is 84.6 cm³/mol. The highest BCUT2D eigenvalue weighted by molar-refractivity contribution is 9.10. The van der Waals surface area contributed by atoms with Gasteiger partial charge in [0.2, 0.25) is 0 Å². The Balaban J connectivity index is 2.05. The summed E-state index contributed by atoms with van der Waals surface area (Å²) in [6.07, 6.45) is 3.80. The Morgan fingerprint density at radius 3 is 2.85 bits per heavy atom. The van der Waals surface area contributed by atoms with E-state index in [1.54, 1.807) is 0 Å². The van der Waals surface area contributed by atoms with E-state index in [1.807, 2.05) is 47.1 Å². The Morgan fingerprint density at radius 2 is 2.10 bits per heavy atom. The molecule has 2 heterocycles. The van der Waals surface area contributed by atoms with Crippen molar-refractivity contribution in [3.8, 4) is 11.3 Å². The predicted octanol–water partition coefficient (Wildman–Crippen LogP) is 4.37. The van der Waals surface area contributed by atoms with Crippen molar-refractivity contribution in [1.29, 1.82) is 0 Å². The van der Waals surface area contributed by atoms with Crippen LogP contribution in [0.1, 0.15) is 0 Å². The number of hydrogen-bond acceptors (Lipinski definition) is 3. The van der Waals surface area contributed by atoms with E-state index in [-0.39, 0.29) is 0 Å². The number of nitrogens with two attached hydrogens (primary N) is 1. The lowest BCUT2D eigenvalue weighted by atomic mass is 10.1. The molecule has 3 aromatic rings. The van der Waals surface area contributed by atoms with Crippen LogP contribution in [0.15, 0.2) is 52.1 Å². The summed E-state index contributed by atoms with van der Waals surface area (Å²) >= 11 is 4.58. The number of fused-ring (bicyclic) bond motifs is 1. The highest BCUT2D eigenvalue weighted by Crippen LogP contribution is 2.27. The number of aromatic nitrogens is 2. The van der Waals surface area contributed by atoms with Crippen LogP contribution in [0.3, 0.4) is 0 Å². The minimum atomic E-state index is -0.433. The average molecular weight is 352 g/mol. The van der Waals surface area contributed by atoms with Crippen LogP contribution < -0.4 is 5.73 Å². The van der Waals surface area contributed by atoms with E-state index in [0.29, 0.717) is 5.69 Å². The second kappa shape index (κ2) is 5.46. The van der Waals surface area contributed by atoms with E-state index in [9.17, 15) is 4.39 Å². The van der Waals surface area contributed by atoms with Crippen molar-refractivity contribution in [2.75, 3.05) is 11.7 Å². The molecule has 0 spiro atoms. The lowest BCUT2D eigenvalue weighted by Crippen LogP contribution is -1.86. The second-order valence-corrected chi connectivity index (χ2v) is 6.08. The fourth-order valence-electron chi connectivity index (χ4n) is 1.95. The molecule has 3 nitrogen and oxygen atoms in total. The minimum absolute atomic E-state index is 0.433. The third-order valence-electron chi connectivity index (χ3n) is 2.94. The molecule has 0 atom stereocenters. The van der Waals surface area contributed by atoms with Gasteiger partial charge in [-0.25, -0.2) is 9.37 Å². The number of alkyl halides is 1. The Morgan fingerprint density at radius 1 is 1.25 bits per heavy atom. The number of hydrogen-bond donors (Lipinski definition) is 1. The lowest BCUT2D eigenvalue weighted by Gasteiger charge is -2.00. The topological polar surface area (TPSA) is 43.3 Å². The van der Waals surface area contributed by atoms with Gasteiger partial charge in [0.25, 0.3) is 0 Å². The van der Waals surface area contributed by atoms with Gasteiger partial charge < -0.3 is 10.1 Å². The largest absolute Gasteiger partial charge is 0.398 e. The van der Waals surface area contributed by atoms with Gasteiger partial charge in [0.15, 0.2) is 0 Å². The average Bonchev–Trinajstić information content (AvgIpc) is 2.85. The highest BCUT2D eigenvalue weighted by atomic mass is 79.9. The minimum Gasteiger partial charge on any atom is -0.398 e. The van der Waals surface area contributed by atoms with Crippen molar-refractivity contribution in [3.05, 3.63) is 47.2 Å². The van der Waals surface area contributed by atoms with Crippen LogP contribution in [0.5, 0.6) is 0 Å². The molecule has 102 valence electrons. The second-order valence-electron chi connectivity index (χ2n) is 4.25. The number of nitrogens with zero attached hydrogens (tertiary/aromatic N) is 2. The summed E-state index contributed by atoms with van der Waals surface area (Å²) in [5.41, 5.74) is 9.14. The molecule has 20 heavy (non-hydrogen) atoms. The lowest BCUT2D eigenvalue weighted by molar-refractivity contribution is 0.605. The van der Waals surface area contributed by atoms with Crippen LogP contribution in [-0.4, -0.2) is 15.4 Å². The maximum atomic E-state index is 12.4. The van der Waals surface area contributed by atoms with Gasteiger partial charge in [0.1, 0.15) is 11.7 Å². The Kier molecular flexibility index (Phi) is 3.67. The number of rotatable bonds is 3. The normalized spacial score (nSPS) is 11.1.